The fraction of sp³-hybridized carbons (Fsp3) is 0.900. The number of nitrogens with zero attached hydrogens (tertiary/aromatic N) is 1. The first-order valence-electron chi connectivity index (χ1n) is 5.21. The summed E-state index contributed by atoms with van der Waals surface area (Å²) >= 11 is 0. The number of carbonyl (C=O) groups is 1. The minimum atomic E-state index is -2.92. The average Bonchev–Trinajstić information content (AvgIpc) is 2.15. The number of hydrogen-bond donors (Lipinski definition) is 1. The van der Waals surface area contributed by atoms with Crippen molar-refractivity contribution in [2.75, 3.05) is 20.1 Å². The molecule has 0 aliphatic carbocycles. The number of hydrogen-bond acceptors (Lipinski definition) is 2. The zero-order valence-corrected chi connectivity index (χ0v) is 9.39. The van der Waals surface area contributed by atoms with Crippen molar-refractivity contribution in [2.45, 2.75) is 32.2 Å². The molecule has 1 aliphatic heterocycles. The fourth-order valence-electron chi connectivity index (χ4n) is 1.64. The van der Waals surface area contributed by atoms with Crippen LogP contribution >= 0.6 is 0 Å². The first-order valence-corrected chi connectivity index (χ1v) is 5.21. The highest BCUT2D eigenvalue weighted by Gasteiger charge is 2.47. The molecule has 1 unspecified atom stereocenters. The molecule has 0 saturated carbocycles. The first kappa shape index (κ1) is 12.4. The minimum absolute atomic E-state index is 0.0387. The second kappa shape index (κ2) is 4.43. The van der Waals surface area contributed by atoms with E-state index in [-0.39, 0.29) is 12.5 Å². The molecule has 0 aromatic rings. The molecule has 1 N–H and O–H groups in total. The van der Waals surface area contributed by atoms with Crippen LogP contribution in [0.5, 0.6) is 0 Å². The summed E-state index contributed by atoms with van der Waals surface area (Å²) in [5, 5.41) is 2.61. The van der Waals surface area contributed by atoms with Gasteiger partial charge in [-0.15, -0.1) is 0 Å². The Balaban J connectivity index is 2.73. The van der Waals surface area contributed by atoms with E-state index in [2.05, 4.69) is 5.32 Å². The maximum atomic E-state index is 13.4. The van der Waals surface area contributed by atoms with E-state index in [1.807, 2.05) is 13.8 Å². The summed E-state index contributed by atoms with van der Waals surface area (Å²) in [6.07, 6.45) is 0.211. The molecule has 1 rings (SSSR count). The van der Waals surface area contributed by atoms with Gasteiger partial charge in [-0.1, -0.05) is 0 Å². The van der Waals surface area contributed by atoms with Crippen LogP contribution in [0.1, 0.15) is 20.3 Å². The van der Waals surface area contributed by atoms with Crippen molar-refractivity contribution >= 4 is 5.91 Å². The highest BCUT2D eigenvalue weighted by Crippen LogP contribution is 2.31. The second-order valence-corrected chi connectivity index (χ2v) is 4.32. The molecule has 0 aromatic heterocycles. The highest BCUT2D eigenvalue weighted by molar-refractivity contribution is 5.80. The van der Waals surface area contributed by atoms with Gasteiger partial charge < -0.3 is 10.2 Å². The molecule has 1 heterocycles. The van der Waals surface area contributed by atoms with Gasteiger partial charge in [0.1, 0.15) is 5.92 Å². The van der Waals surface area contributed by atoms with E-state index in [0.717, 1.165) is 0 Å². The van der Waals surface area contributed by atoms with Crippen LogP contribution in [0.2, 0.25) is 0 Å². The van der Waals surface area contributed by atoms with Gasteiger partial charge in [-0.3, -0.25) is 4.79 Å². The Morgan fingerprint density at radius 3 is 2.60 bits per heavy atom. The van der Waals surface area contributed by atoms with E-state index in [1.165, 1.54) is 4.90 Å². The van der Waals surface area contributed by atoms with Crippen molar-refractivity contribution in [2.24, 2.45) is 5.92 Å². The quantitative estimate of drug-likeness (QED) is 0.755. The molecule has 88 valence electrons. The lowest BCUT2D eigenvalue weighted by atomic mass is 9.92. The smallest absolute Gasteiger partial charge is 0.271 e. The third-order valence-electron chi connectivity index (χ3n) is 2.90. The fourth-order valence-corrected chi connectivity index (χ4v) is 1.64. The molecule has 15 heavy (non-hydrogen) atoms. The maximum Gasteiger partial charge on any atom is 0.271 e. The highest BCUT2D eigenvalue weighted by atomic mass is 19.3. The molecular formula is C10H18F2N2O. The third-order valence-corrected chi connectivity index (χ3v) is 2.90. The molecular weight excluding hydrogens is 202 g/mol. The van der Waals surface area contributed by atoms with Crippen molar-refractivity contribution < 1.29 is 13.6 Å². The van der Waals surface area contributed by atoms with Gasteiger partial charge in [-0.2, -0.15) is 0 Å². The predicted octanol–water partition coefficient (Wildman–Crippen LogP) is 1.10. The summed E-state index contributed by atoms with van der Waals surface area (Å²) in [4.78, 5) is 13.2. The summed E-state index contributed by atoms with van der Waals surface area (Å²) < 4.78 is 26.9. The average molecular weight is 220 g/mol. The molecule has 1 amide bonds. The number of nitrogens with one attached hydrogen (secondary N) is 1. The van der Waals surface area contributed by atoms with Gasteiger partial charge in [0.2, 0.25) is 5.91 Å². The van der Waals surface area contributed by atoms with Crippen molar-refractivity contribution in [1.29, 1.82) is 0 Å². The Kier molecular flexibility index (Phi) is 3.65. The van der Waals surface area contributed by atoms with Crippen LogP contribution in [0.15, 0.2) is 0 Å². The van der Waals surface area contributed by atoms with Crippen LogP contribution in [0.4, 0.5) is 8.78 Å². The Hall–Kier alpha value is -0.710. The van der Waals surface area contributed by atoms with E-state index in [9.17, 15) is 13.6 Å². The van der Waals surface area contributed by atoms with Crippen molar-refractivity contribution in [3.8, 4) is 0 Å². The van der Waals surface area contributed by atoms with Crippen LogP contribution in [-0.2, 0) is 4.79 Å². The van der Waals surface area contributed by atoms with E-state index < -0.39 is 24.3 Å². The molecule has 5 heteroatoms. The number of alkyl halides is 2. The third kappa shape index (κ3) is 2.65. The predicted molar refractivity (Wildman–Crippen MR) is 53.8 cm³/mol. The van der Waals surface area contributed by atoms with Crippen LogP contribution in [-0.4, -0.2) is 42.9 Å². The number of halogens is 2. The van der Waals surface area contributed by atoms with Crippen molar-refractivity contribution in [3.63, 3.8) is 0 Å². The molecule has 3 nitrogen and oxygen atoms in total. The first-order chi connectivity index (χ1) is 6.86. The van der Waals surface area contributed by atoms with Crippen LogP contribution in [0, 0.1) is 5.92 Å². The van der Waals surface area contributed by atoms with Gasteiger partial charge in [0.25, 0.3) is 5.92 Å². The molecule has 0 aromatic carbocycles. The van der Waals surface area contributed by atoms with E-state index in [4.69, 9.17) is 0 Å². The molecule has 0 radical (unpaired) electrons. The normalized spacial score (nSPS) is 25.3. The number of carbonyl (C=O) groups excluding carboxylic acids is 1. The topological polar surface area (TPSA) is 32.3 Å². The van der Waals surface area contributed by atoms with Crippen LogP contribution in [0.25, 0.3) is 0 Å². The van der Waals surface area contributed by atoms with Gasteiger partial charge in [0.05, 0.1) is 6.54 Å². The minimum Gasteiger partial charge on any atom is -0.343 e. The molecule has 1 saturated heterocycles. The van der Waals surface area contributed by atoms with Crippen LogP contribution < -0.4 is 5.32 Å². The standard InChI is InChI=1S/C10H18F2N2O/c1-7(2)14(3)9(15)8-4-5-13-6-10(8,11)12/h7-8,13H,4-6H2,1-3H3. The zero-order valence-electron chi connectivity index (χ0n) is 9.39. The molecule has 0 bridgehead atoms. The van der Waals surface area contributed by atoms with Gasteiger partial charge in [0.15, 0.2) is 0 Å². The Labute approximate surface area is 88.8 Å². The summed E-state index contributed by atoms with van der Waals surface area (Å²) in [7, 11) is 1.57. The maximum absolute atomic E-state index is 13.4. The van der Waals surface area contributed by atoms with Gasteiger partial charge in [0, 0.05) is 13.1 Å². The summed E-state index contributed by atoms with van der Waals surface area (Å²) in [5.74, 6) is -4.53. The van der Waals surface area contributed by atoms with Crippen LogP contribution in [0.3, 0.4) is 0 Å². The zero-order chi connectivity index (χ0) is 11.6. The second-order valence-electron chi connectivity index (χ2n) is 4.32. The van der Waals surface area contributed by atoms with E-state index in [1.54, 1.807) is 7.05 Å². The lowest BCUT2D eigenvalue weighted by Crippen LogP contribution is -2.53. The Morgan fingerprint density at radius 1 is 1.53 bits per heavy atom. The SMILES string of the molecule is CC(C)N(C)C(=O)C1CCNCC1(F)F. The number of amides is 1. The van der Waals surface area contributed by atoms with E-state index >= 15 is 0 Å². The summed E-state index contributed by atoms with van der Waals surface area (Å²) in [6, 6.07) is -0.0387. The lowest BCUT2D eigenvalue weighted by Gasteiger charge is -2.34. The van der Waals surface area contributed by atoms with Gasteiger partial charge in [-0.05, 0) is 26.8 Å². The summed E-state index contributed by atoms with van der Waals surface area (Å²) in [5.41, 5.74) is 0. The van der Waals surface area contributed by atoms with Gasteiger partial charge >= 0.3 is 0 Å². The molecule has 1 fully saturated rings. The van der Waals surface area contributed by atoms with Crippen molar-refractivity contribution in [1.82, 2.24) is 10.2 Å². The molecule has 1 atom stereocenters. The number of piperidine rings is 1. The lowest BCUT2D eigenvalue weighted by molar-refractivity contribution is -0.153. The van der Waals surface area contributed by atoms with Crippen molar-refractivity contribution in [3.05, 3.63) is 0 Å². The largest absolute Gasteiger partial charge is 0.343 e. The Bertz CT molecular complexity index is 244. The Morgan fingerprint density at radius 2 is 2.13 bits per heavy atom. The summed E-state index contributed by atoms with van der Waals surface area (Å²) in [6.45, 7) is 3.72. The monoisotopic (exact) mass is 220 g/mol. The number of rotatable bonds is 2. The van der Waals surface area contributed by atoms with E-state index in [0.29, 0.717) is 6.54 Å². The van der Waals surface area contributed by atoms with Gasteiger partial charge in [-0.25, -0.2) is 8.78 Å². The molecule has 1 aliphatic rings. The molecule has 0 spiro atoms.